The number of ether oxygens (including phenoxy) is 2. The van der Waals surface area contributed by atoms with Crippen LogP contribution in [0.5, 0.6) is 5.75 Å². The lowest BCUT2D eigenvalue weighted by Crippen LogP contribution is -2.36. The molecule has 33 heavy (non-hydrogen) atoms. The first-order valence-corrected chi connectivity index (χ1v) is 13.6. The topological polar surface area (TPSA) is 41.8 Å². The lowest BCUT2D eigenvalue weighted by atomic mass is 9.79. The van der Waals surface area contributed by atoms with Crippen molar-refractivity contribution in [3.63, 3.8) is 0 Å². The summed E-state index contributed by atoms with van der Waals surface area (Å²) in [7, 11) is 0. The third-order valence-electron chi connectivity index (χ3n) is 9.45. The van der Waals surface area contributed by atoms with Gasteiger partial charge in [-0.15, -0.1) is 0 Å². The molecule has 0 unspecified atom stereocenters. The van der Waals surface area contributed by atoms with Crippen molar-refractivity contribution in [3.05, 3.63) is 29.3 Å². The van der Waals surface area contributed by atoms with Crippen molar-refractivity contribution in [1.82, 2.24) is 9.80 Å². The zero-order valence-corrected chi connectivity index (χ0v) is 20.1. The number of carbonyl (C=O) groups is 1. The Hall–Kier alpha value is -1.59. The minimum absolute atomic E-state index is 0.225. The monoisotopic (exact) mass is 452 g/mol. The Kier molecular flexibility index (Phi) is 6.12. The second-order valence-corrected chi connectivity index (χ2v) is 11.3. The maximum Gasteiger partial charge on any atom is 0.226 e. The fraction of sp³-hybridized carbons (Fsp3) is 0.750. The van der Waals surface area contributed by atoms with Crippen LogP contribution in [0.1, 0.15) is 74.8 Å². The van der Waals surface area contributed by atoms with Crippen LogP contribution in [0, 0.1) is 11.8 Å². The first-order valence-electron chi connectivity index (χ1n) is 13.6. The molecule has 1 saturated carbocycles. The number of hydrogen-bond acceptors (Lipinski definition) is 4. The van der Waals surface area contributed by atoms with Crippen LogP contribution in [-0.4, -0.2) is 67.2 Å². The van der Waals surface area contributed by atoms with E-state index in [1.54, 1.807) is 5.56 Å². The highest BCUT2D eigenvalue weighted by Gasteiger charge is 2.56. The van der Waals surface area contributed by atoms with E-state index in [4.69, 9.17) is 9.47 Å². The van der Waals surface area contributed by atoms with Crippen LogP contribution < -0.4 is 4.74 Å². The number of likely N-dealkylation sites (tertiary alicyclic amines) is 1. The Bertz CT molecular complexity index is 849. The summed E-state index contributed by atoms with van der Waals surface area (Å²) in [6.07, 6.45) is 11.9. The Balaban J connectivity index is 0.929. The fourth-order valence-corrected chi connectivity index (χ4v) is 7.13. The van der Waals surface area contributed by atoms with Gasteiger partial charge in [0.25, 0.3) is 0 Å². The number of piperidine rings is 1. The molecular weight excluding hydrogens is 412 g/mol. The minimum atomic E-state index is 0.225. The summed E-state index contributed by atoms with van der Waals surface area (Å²) in [5, 5.41) is 0. The largest absolute Gasteiger partial charge is 0.493 e. The van der Waals surface area contributed by atoms with Gasteiger partial charge in [0.1, 0.15) is 5.75 Å². The molecule has 1 aromatic carbocycles. The quantitative estimate of drug-likeness (QED) is 0.622. The standard InChI is InChI=1S/C28H40N2O3/c31-27(23-9-17-32-18-10-23)30-20-28(30)12-4-21(5-13-28)6-14-29-15-7-22(8-16-29)24-2-1-3-26-25(24)11-19-33-26/h1-3,21-23H,4-20H2. The van der Waals surface area contributed by atoms with E-state index in [0.717, 1.165) is 57.3 Å². The van der Waals surface area contributed by atoms with E-state index in [9.17, 15) is 4.79 Å². The first kappa shape index (κ1) is 21.9. The molecule has 1 amide bonds. The van der Waals surface area contributed by atoms with E-state index < -0.39 is 0 Å². The van der Waals surface area contributed by atoms with Crippen molar-refractivity contribution in [2.75, 3.05) is 46.0 Å². The molecule has 0 aromatic heterocycles. The predicted molar refractivity (Wildman–Crippen MR) is 129 cm³/mol. The average molecular weight is 453 g/mol. The molecule has 4 fully saturated rings. The van der Waals surface area contributed by atoms with Crippen LogP contribution >= 0.6 is 0 Å². The average Bonchev–Trinajstić information content (AvgIpc) is 3.34. The van der Waals surface area contributed by atoms with Crippen LogP contribution in [-0.2, 0) is 16.0 Å². The smallest absolute Gasteiger partial charge is 0.226 e. The van der Waals surface area contributed by atoms with Gasteiger partial charge in [-0.05, 0) is 101 Å². The Morgan fingerprint density at radius 2 is 1.79 bits per heavy atom. The van der Waals surface area contributed by atoms with Gasteiger partial charge in [-0.1, -0.05) is 12.1 Å². The molecule has 0 radical (unpaired) electrons. The maximum absolute atomic E-state index is 12.9. The van der Waals surface area contributed by atoms with Gasteiger partial charge >= 0.3 is 0 Å². The van der Waals surface area contributed by atoms with Crippen LogP contribution in [0.3, 0.4) is 0 Å². The summed E-state index contributed by atoms with van der Waals surface area (Å²) < 4.78 is 11.2. The van der Waals surface area contributed by atoms with E-state index in [-0.39, 0.29) is 11.5 Å². The molecule has 0 bridgehead atoms. The van der Waals surface area contributed by atoms with Gasteiger partial charge < -0.3 is 19.3 Å². The molecule has 1 spiro atoms. The molecule has 3 saturated heterocycles. The first-order chi connectivity index (χ1) is 16.2. The third-order valence-corrected chi connectivity index (χ3v) is 9.45. The predicted octanol–water partition coefficient (Wildman–Crippen LogP) is 4.39. The second-order valence-electron chi connectivity index (χ2n) is 11.3. The van der Waals surface area contributed by atoms with Gasteiger partial charge in [0, 0.05) is 37.7 Å². The highest BCUT2D eigenvalue weighted by atomic mass is 16.5. The zero-order chi connectivity index (χ0) is 22.3. The summed E-state index contributed by atoms with van der Waals surface area (Å²) >= 11 is 0. The van der Waals surface area contributed by atoms with Gasteiger partial charge in [0.15, 0.2) is 0 Å². The van der Waals surface area contributed by atoms with E-state index in [1.165, 1.54) is 70.1 Å². The lowest BCUT2D eigenvalue weighted by Gasteiger charge is -2.35. The summed E-state index contributed by atoms with van der Waals surface area (Å²) in [6.45, 7) is 7.13. The van der Waals surface area contributed by atoms with Crippen molar-refractivity contribution >= 4 is 5.91 Å². The molecule has 6 rings (SSSR count). The van der Waals surface area contributed by atoms with Gasteiger partial charge in [0.05, 0.1) is 12.1 Å². The van der Waals surface area contributed by atoms with Gasteiger partial charge in [0.2, 0.25) is 5.91 Å². The zero-order valence-electron chi connectivity index (χ0n) is 20.1. The molecule has 1 aromatic rings. The Labute approximate surface area is 198 Å². The van der Waals surface area contributed by atoms with Gasteiger partial charge in [-0.25, -0.2) is 0 Å². The fourth-order valence-electron chi connectivity index (χ4n) is 7.13. The van der Waals surface area contributed by atoms with Crippen LogP contribution in [0.15, 0.2) is 18.2 Å². The van der Waals surface area contributed by atoms with Crippen molar-refractivity contribution < 1.29 is 14.3 Å². The molecule has 5 heteroatoms. The van der Waals surface area contributed by atoms with E-state index >= 15 is 0 Å². The molecule has 4 aliphatic heterocycles. The normalized spacial score (nSPS) is 30.9. The van der Waals surface area contributed by atoms with E-state index in [0.29, 0.717) is 11.8 Å². The van der Waals surface area contributed by atoms with Gasteiger partial charge in [-0.3, -0.25) is 4.79 Å². The van der Waals surface area contributed by atoms with Crippen molar-refractivity contribution in [1.29, 1.82) is 0 Å². The van der Waals surface area contributed by atoms with E-state index in [2.05, 4.69) is 28.0 Å². The van der Waals surface area contributed by atoms with Gasteiger partial charge in [-0.2, -0.15) is 0 Å². The molecule has 4 heterocycles. The molecule has 5 aliphatic rings. The highest BCUT2D eigenvalue weighted by Crippen LogP contribution is 2.48. The lowest BCUT2D eigenvalue weighted by molar-refractivity contribution is -0.134. The number of hydrogen-bond donors (Lipinski definition) is 0. The molecule has 5 nitrogen and oxygen atoms in total. The van der Waals surface area contributed by atoms with Crippen LogP contribution in [0.25, 0.3) is 0 Å². The summed E-state index contributed by atoms with van der Waals surface area (Å²) in [5.74, 6) is 3.34. The summed E-state index contributed by atoms with van der Waals surface area (Å²) in [6, 6.07) is 6.66. The number of rotatable bonds is 5. The number of benzene rings is 1. The van der Waals surface area contributed by atoms with Crippen LogP contribution in [0.4, 0.5) is 0 Å². The number of fused-ring (bicyclic) bond motifs is 1. The second kappa shape index (κ2) is 9.22. The summed E-state index contributed by atoms with van der Waals surface area (Å²) in [5.41, 5.74) is 3.28. The molecule has 180 valence electrons. The molecule has 0 N–H and O–H groups in total. The Morgan fingerprint density at radius 3 is 2.58 bits per heavy atom. The number of nitrogens with zero attached hydrogens (tertiary/aromatic N) is 2. The Morgan fingerprint density at radius 1 is 1.00 bits per heavy atom. The van der Waals surface area contributed by atoms with Crippen molar-refractivity contribution in [2.24, 2.45) is 11.8 Å². The van der Waals surface area contributed by atoms with Crippen LogP contribution in [0.2, 0.25) is 0 Å². The number of carbonyl (C=O) groups excluding carboxylic acids is 1. The SMILES string of the molecule is O=C(C1CCOCC1)N1CC12CCC(CCN1CCC(c3cccc4c3CCO4)CC1)CC2. The van der Waals surface area contributed by atoms with Crippen molar-refractivity contribution in [2.45, 2.75) is 75.7 Å². The maximum atomic E-state index is 12.9. The van der Waals surface area contributed by atoms with E-state index in [1.807, 2.05) is 0 Å². The summed E-state index contributed by atoms with van der Waals surface area (Å²) in [4.78, 5) is 17.8. The minimum Gasteiger partial charge on any atom is -0.493 e. The third kappa shape index (κ3) is 4.43. The molecule has 1 aliphatic carbocycles. The molecule has 0 atom stereocenters. The molecular formula is C28H40N2O3. The number of amides is 1. The van der Waals surface area contributed by atoms with Crippen molar-refractivity contribution in [3.8, 4) is 5.75 Å². The highest BCUT2D eigenvalue weighted by molar-refractivity contribution is 5.82.